The minimum atomic E-state index is 1.00. The highest BCUT2D eigenvalue weighted by atomic mass is 14.2. The second kappa shape index (κ2) is 34.1. The molecule has 0 spiro atoms. The van der Waals surface area contributed by atoms with Crippen molar-refractivity contribution in [3.63, 3.8) is 0 Å². The normalized spacial score (nSPS) is 28.5. The van der Waals surface area contributed by atoms with Gasteiger partial charge in [-0.25, -0.2) is 0 Å². The second-order valence-electron chi connectivity index (χ2n) is 22.3. The molecule has 0 saturated heterocycles. The number of rotatable bonds is 0. The molecule has 0 nitrogen and oxygen atoms in total. The lowest BCUT2D eigenvalue weighted by Gasteiger charge is -2.24. The summed E-state index contributed by atoms with van der Waals surface area (Å²) in [6, 6.07) is 25.3. The molecule has 0 heterocycles. The Morgan fingerprint density at radius 3 is 0.790 bits per heavy atom. The highest BCUT2D eigenvalue weighted by molar-refractivity contribution is 5.23. The van der Waals surface area contributed by atoms with Crippen LogP contribution in [0.25, 0.3) is 0 Å². The molecule has 0 bridgehead atoms. The first-order chi connectivity index (χ1) is 29.4. The molecular formula is C62H106. The lowest BCUT2D eigenvalue weighted by molar-refractivity contribution is 0.277. The predicted octanol–water partition coefficient (Wildman–Crippen LogP) is 20.3. The van der Waals surface area contributed by atoms with E-state index in [1.165, 1.54) is 149 Å². The molecule has 0 heteroatoms. The van der Waals surface area contributed by atoms with Crippen molar-refractivity contribution >= 4 is 0 Å². The quantitative estimate of drug-likeness (QED) is 0.211. The molecule has 5 aliphatic rings. The lowest BCUT2D eigenvalue weighted by Crippen LogP contribution is -2.12. The first-order valence-corrected chi connectivity index (χ1v) is 26.4. The van der Waals surface area contributed by atoms with Crippen molar-refractivity contribution in [1.29, 1.82) is 0 Å². The van der Waals surface area contributed by atoms with Crippen LogP contribution in [0.2, 0.25) is 0 Å². The summed E-state index contributed by atoms with van der Waals surface area (Å²) in [6.45, 7) is 36.3. The van der Waals surface area contributed by atoms with Crippen molar-refractivity contribution < 1.29 is 0 Å². The van der Waals surface area contributed by atoms with Crippen LogP contribution in [0.3, 0.4) is 0 Å². The van der Waals surface area contributed by atoms with Crippen LogP contribution in [0.4, 0.5) is 0 Å². The van der Waals surface area contributed by atoms with Crippen LogP contribution in [-0.4, -0.2) is 0 Å². The van der Waals surface area contributed by atoms with Gasteiger partial charge in [0, 0.05) is 0 Å². The molecule has 62 heavy (non-hydrogen) atoms. The molecule has 354 valence electrons. The molecule has 0 radical (unpaired) electrons. The third kappa shape index (κ3) is 29.9. The maximum absolute atomic E-state index is 2.38. The van der Waals surface area contributed by atoms with Gasteiger partial charge < -0.3 is 0 Å². The molecule has 0 aliphatic heterocycles. The van der Waals surface area contributed by atoms with Crippen LogP contribution in [0.5, 0.6) is 0 Å². The first-order valence-electron chi connectivity index (χ1n) is 26.4. The van der Waals surface area contributed by atoms with Crippen molar-refractivity contribution in [3.05, 3.63) is 106 Å². The monoisotopic (exact) mass is 851 g/mol. The largest absolute Gasteiger partial charge is 0.0625 e. The highest BCUT2D eigenvalue weighted by Crippen LogP contribution is 2.31. The van der Waals surface area contributed by atoms with E-state index in [0.29, 0.717) is 0 Å². The number of benzene rings is 3. The zero-order chi connectivity index (χ0) is 46.5. The van der Waals surface area contributed by atoms with E-state index in [4.69, 9.17) is 0 Å². The molecule has 0 N–H and O–H groups in total. The zero-order valence-electron chi connectivity index (χ0n) is 44.4. The van der Waals surface area contributed by atoms with E-state index in [1.54, 1.807) is 0 Å². The van der Waals surface area contributed by atoms with E-state index < -0.39 is 0 Å². The van der Waals surface area contributed by atoms with Crippen molar-refractivity contribution in [2.24, 2.45) is 59.2 Å². The summed E-state index contributed by atoms with van der Waals surface area (Å²) >= 11 is 0. The van der Waals surface area contributed by atoms with Gasteiger partial charge in [-0.1, -0.05) is 267 Å². The minimum Gasteiger partial charge on any atom is -0.0625 e. The van der Waals surface area contributed by atoms with Crippen molar-refractivity contribution in [1.82, 2.24) is 0 Å². The Balaban J connectivity index is 0.000000354. The average molecular weight is 852 g/mol. The fraction of sp³-hybridized carbons (Fsp3) is 0.710. The average Bonchev–Trinajstić information content (AvgIpc) is 3.81. The third-order valence-corrected chi connectivity index (χ3v) is 15.1. The van der Waals surface area contributed by atoms with Crippen LogP contribution in [0.1, 0.15) is 218 Å². The Labute approximate surface area is 390 Å². The third-order valence-electron chi connectivity index (χ3n) is 15.1. The van der Waals surface area contributed by atoms with Gasteiger partial charge in [0.15, 0.2) is 0 Å². The Morgan fingerprint density at radius 1 is 0.274 bits per heavy atom. The second-order valence-corrected chi connectivity index (χ2v) is 22.3. The van der Waals surface area contributed by atoms with Crippen LogP contribution in [0, 0.1) is 101 Å². The maximum atomic E-state index is 2.38. The molecule has 3 aromatic carbocycles. The van der Waals surface area contributed by atoms with Gasteiger partial charge in [0.25, 0.3) is 0 Å². The fourth-order valence-corrected chi connectivity index (χ4v) is 9.59. The Hall–Kier alpha value is -2.34. The number of hydrogen-bond donors (Lipinski definition) is 0. The van der Waals surface area contributed by atoms with Gasteiger partial charge >= 0.3 is 0 Å². The SMILES string of the molecule is CC1CCC(C)C1.CC1CCC(C)CC1.CC1CCCC(C)C1.CC1CCCC1C.CC1CCCCC1C.Cc1ccc(C)cc1.Cc1cccc(C)c1.Cc1ccccc1C. The van der Waals surface area contributed by atoms with E-state index >= 15 is 0 Å². The fourth-order valence-electron chi connectivity index (χ4n) is 9.59. The summed E-state index contributed by atoms with van der Waals surface area (Å²) in [5.41, 5.74) is 8.07. The van der Waals surface area contributed by atoms with Crippen molar-refractivity contribution in [2.45, 2.75) is 226 Å². The summed E-state index contributed by atoms with van der Waals surface area (Å²) in [7, 11) is 0. The molecule has 5 fully saturated rings. The summed E-state index contributed by atoms with van der Waals surface area (Å²) in [5.74, 6) is 10.1. The van der Waals surface area contributed by atoms with Crippen molar-refractivity contribution in [2.75, 3.05) is 0 Å². The summed E-state index contributed by atoms with van der Waals surface area (Å²) in [5, 5.41) is 0. The van der Waals surface area contributed by atoms with Gasteiger partial charge in [0.2, 0.25) is 0 Å². The van der Waals surface area contributed by atoms with E-state index in [-0.39, 0.29) is 0 Å². The molecule has 0 aromatic heterocycles. The standard InChI is InChI=1S/C8H16.C8H10.C8H16.C8H10.C8H16.C8H10.2C7H14/c2*1-7-3-5-8(2)6-4-7;2*1-7-4-3-5-8(2)6-7;2*1-7-5-3-4-6-8(7)2;1-6-3-4-7(2)5-6;1-6-4-3-5-7(6)2/h7-8H,3-6H2,1-2H3;3-6H,1-2H3;7-8H,3-6H2,1-2H3;3-6H,1-2H3;7-8H,3-6H2,1-2H3;3-6H,1-2H3;2*6-7H,3-5H2,1-2H3. The topological polar surface area (TPSA) is 0 Å². The number of hydrogen-bond acceptors (Lipinski definition) is 0. The van der Waals surface area contributed by atoms with Crippen molar-refractivity contribution in [3.8, 4) is 0 Å². The summed E-state index contributed by atoms with van der Waals surface area (Å²) in [4.78, 5) is 0. The van der Waals surface area contributed by atoms with Gasteiger partial charge in [-0.05, 0) is 125 Å². The predicted molar refractivity (Wildman–Crippen MR) is 282 cm³/mol. The summed E-state index contributed by atoms with van der Waals surface area (Å²) < 4.78 is 0. The maximum Gasteiger partial charge on any atom is -0.0395 e. The Morgan fingerprint density at radius 2 is 0.565 bits per heavy atom. The van der Waals surface area contributed by atoms with Crippen LogP contribution >= 0.6 is 0 Å². The van der Waals surface area contributed by atoms with Crippen LogP contribution in [0.15, 0.2) is 72.8 Å². The van der Waals surface area contributed by atoms with Crippen LogP contribution < -0.4 is 0 Å². The van der Waals surface area contributed by atoms with E-state index in [2.05, 4.69) is 184 Å². The highest BCUT2D eigenvalue weighted by Gasteiger charge is 2.18. The molecule has 0 amide bonds. The molecule has 8 atom stereocenters. The number of aryl methyl sites for hydroxylation is 6. The van der Waals surface area contributed by atoms with Gasteiger partial charge in [-0.15, -0.1) is 0 Å². The van der Waals surface area contributed by atoms with Gasteiger partial charge in [0.05, 0.1) is 0 Å². The molecule has 3 aromatic rings. The van der Waals surface area contributed by atoms with Crippen LogP contribution in [-0.2, 0) is 0 Å². The van der Waals surface area contributed by atoms with E-state index in [9.17, 15) is 0 Å². The van der Waals surface area contributed by atoms with Gasteiger partial charge in [0.1, 0.15) is 0 Å². The minimum absolute atomic E-state index is 1.00. The molecule has 5 aliphatic carbocycles. The summed E-state index contributed by atoms with van der Waals surface area (Å²) in [6.07, 6.45) is 26.5. The first kappa shape index (κ1) is 57.7. The van der Waals surface area contributed by atoms with Gasteiger partial charge in [-0.2, -0.15) is 0 Å². The van der Waals surface area contributed by atoms with Gasteiger partial charge in [-0.3, -0.25) is 0 Å². The smallest absolute Gasteiger partial charge is 0.0395 e. The Bertz CT molecular complexity index is 1370. The lowest BCUT2D eigenvalue weighted by atomic mass is 9.82. The molecule has 8 unspecified atom stereocenters. The van der Waals surface area contributed by atoms with E-state index in [0.717, 1.165) is 59.2 Å². The van der Waals surface area contributed by atoms with E-state index in [1.807, 2.05) is 0 Å². The molecule has 5 saturated carbocycles. The Kier molecular flexibility index (Phi) is 31.7. The molecule has 8 rings (SSSR count). The molecular weight excluding hydrogens is 745 g/mol. The zero-order valence-corrected chi connectivity index (χ0v) is 44.4.